The van der Waals surface area contributed by atoms with Crippen LogP contribution >= 0.6 is 0 Å². The SMILES string of the molecule is Cc1ccccc1-c1cc(N=NC(=N)N)c2c(C)cc[nH]c1-2. The van der Waals surface area contributed by atoms with Crippen molar-refractivity contribution in [3.05, 3.63) is 53.7 Å². The average Bonchev–Trinajstić information content (AvgIpc) is 2.86. The first-order valence-corrected chi connectivity index (χ1v) is 7.00. The van der Waals surface area contributed by atoms with Gasteiger partial charge in [0.1, 0.15) is 0 Å². The summed E-state index contributed by atoms with van der Waals surface area (Å²) in [6.45, 7) is 4.12. The third-order valence-corrected chi connectivity index (χ3v) is 3.71. The first-order valence-electron chi connectivity index (χ1n) is 7.00. The Morgan fingerprint density at radius 2 is 1.86 bits per heavy atom. The largest absolute Gasteiger partial charge is 0.367 e. The fourth-order valence-corrected chi connectivity index (χ4v) is 2.70. The van der Waals surface area contributed by atoms with Gasteiger partial charge in [0.15, 0.2) is 0 Å². The molecule has 1 heterocycles. The van der Waals surface area contributed by atoms with E-state index in [-0.39, 0.29) is 5.96 Å². The van der Waals surface area contributed by atoms with Crippen molar-refractivity contribution in [2.45, 2.75) is 13.8 Å². The van der Waals surface area contributed by atoms with Gasteiger partial charge in [-0.1, -0.05) is 24.3 Å². The van der Waals surface area contributed by atoms with Crippen molar-refractivity contribution in [3.63, 3.8) is 0 Å². The topological polar surface area (TPSA) is 90.4 Å². The lowest BCUT2D eigenvalue weighted by molar-refractivity contribution is 1.21. The van der Waals surface area contributed by atoms with Crippen LogP contribution in [0.3, 0.4) is 0 Å². The third kappa shape index (κ3) is 2.37. The van der Waals surface area contributed by atoms with E-state index in [1.165, 1.54) is 5.56 Å². The van der Waals surface area contributed by atoms with Gasteiger partial charge in [0.25, 0.3) is 0 Å². The van der Waals surface area contributed by atoms with Gasteiger partial charge in [-0.25, -0.2) is 0 Å². The molecule has 0 spiro atoms. The maximum atomic E-state index is 7.22. The summed E-state index contributed by atoms with van der Waals surface area (Å²) < 4.78 is 0. The molecule has 22 heavy (non-hydrogen) atoms. The molecule has 1 aliphatic heterocycles. The molecule has 2 aliphatic rings. The predicted octanol–water partition coefficient (Wildman–Crippen LogP) is 4.38. The maximum absolute atomic E-state index is 7.22. The molecule has 4 N–H and O–H groups in total. The number of hydrogen-bond donors (Lipinski definition) is 3. The summed E-state index contributed by atoms with van der Waals surface area (Å²) in [5.41, 5.74) is 12.6. The quantitative estimate of drug-likeness (QED) is 0.365. The van der Waals surface area contributed by atoms with Crippen LogP contribution in [-0.2, 0) is 0 Å². The van der Waals surface area contributed by atoms with E-state index in [1.54, 1.807) is 0 Å². The number of fused-ring (bicyclic) bond motifs is 1. The summed E-state index contributed by atoms with van der Waals surface area (Å²) in [7, 11) is 0. The molecule has 0 fully saturated rings. The number of aromatic amines is 1. The second-order valence-electron chi connectivity index (χ2n) is 5.25. The number of H-pyrrole nitrogens is 1. The van der Waals surface area contributed by atoms with Crippen molar-refractivity contribution >= 4 is 11.6 Å². The number of aryl methyl sites for hydroxylation is 2. The van der Waals surface area contributed by atoms with Crippen LogP contribution in [0.25, 0.3) is 22.4 Å². The van der Waals surface area contributed by atoms with Crippen molar-refractivity contribution in [2.24, 2.45) is 16.0 Å². The average molecular weight is 291 g/mol. The van der Waals surface area contributed by atoms with Gasteiger partial charge in [-0.3, -0.25) is 5.41 Å². The molecule has 0 aromatic heterocycles. The Hall–Kier alpha value is -2.95. The smallest absolute Gasteiger partial charge is 0.232 e. The summed E-state index contributed by atoms with van der Waals surface area (Å²) in [4.78, 5) is 3.31. The normalized spacial score (nSPS) is 11.4. The molecule has 0 unspecified atom stereocenters. The highest BCUT2D eigenvalue weighted by Gasteiger charge is 2.20. The number of guanidine groups is 1. The first kappa shape index (κ1) is 14.0. The molecule has 3 rings (SSSR count). The van der Waals surface area contributed by atoms with Crippen LogP contribution in [0.1, 0.15) is 11.1 Å². The monoisotopic (exact) mass is 291 g/mol. The minimum atomic E-state index is -0.302. The van der Waals surface area contributed by atoms with E-state index in [9.17, 15) is 0 Å². The molecule has 5 nitrogen and oxygen atoms in total. The van der Waals surface area contributed by atoms with Crippen LogP contribution in [0.4, 0.5) is 5.69 Å². The van der Waals surface area contributed by atoms with Crippen LogP contribution in [0, 0.1) is 19.3 Å². The minimum Gasteiger partial charge on any atom is -0.367 e. The number of aromatic nitrogens is 1. The Morgan fingerprint density at radius 1 is 1.09 bits per heavy atom. The number of nitrogens with one attached hydrogen (secondary N) is 2. The number of pyridine rings is 1. The summed E-state index contributed by atoms with van der Waals surface area (Å²) in [6, 6.07) is 12.2. The summed E-state index contributed by atoms with van der Waals surface area (Å²) in [5.74, 6) is -0.302. The van der Waals surface area contributed by atoms with E-state index >= 15 is 0 Å². The summed E-state index contributed by atoms with van der Waals surface area (Å²) >= 11 is 0. The maximum Gasteiger partial charge on any atom is 0.232 e. The Bertz CT molecular complexity index is 844. The lowest BCUT2D eigenvalue weighted by Crippen LogP contribution is -2.03. The number of rotatable bonds is 2. The standard InChI is InChI=1S/C17H17N5/c1-10-5-3-4-6-12(10)13-9-14(21-22-17(18)19)15-11(2)7-8-20-16(13)15/h3-9,20H,1-2H3,(H3,18,19). The Morgan fingerprint density at radius 3 is 2.59 bits per heavy atom. The highest BCUT2D eigenvalue weighted by molar-refractivity contribution is 5.94. The van der Waals surface area contributed by atoms with Crippen molar-refractivity contribution < 1.29 is 0 Å². The predicted molar refractivity (Wildman–Crippen MR) is 88.8 cm³/mol. The van der Waals surface area contributed by atoms with E-state index in [0.29, 0.717) is 0 Å². The zero-order chi connectivity index (χ0) is 15.7. The second kappa shape index (κ2) is 5.44. The van der Waals surface area contributed by atoms with Crippen LogP contribution in [0.2, 0.25) is 0 Å². The van der Waals surface area contributed by atoms with Gasteiger partial charge in [0, 0.05) is 17.3 Å². The van der Waals surface area contributed by atoms with Gasteiger partial charge in [-0.05, 0) is 42.7 Å². The van der Waals surface area contributed by atoms with E-state index < -0.39 is 0 Å². The third-order valence-electron chi connectivity index (χ3n) is 3.71. The van der Waals surface area contributed by atoms with Crippen molar-refractivity contribution in [1.82, 2.24) is 4.98 Å². The molecule has 0 atom stereocenters. The number of nitrogens with zero attached hydrogens (tertiary/aromatic N) is 2. The first-order chi connectivity index (χ1) is 10.6. The second-order valence-corrected chi connectivity index (χ2v) is 5.25. The molecule has 0 bridgehead atoms. The lowest BCUT2D eigenvalue weighted by atomic mass is 9.99. The van der Waals surface area contributed by atoms with Crippen LogP contribution < -0.4 is 5.73 Å². The molecule has 110 valence electrons. The van der Waals surface area contributed by atoms with Gasteiger partial charge in [0.2, 0.25) is 5.96 Å². The Labute approximate surface area is 128 Å². The number of hydrogen-bond acceptors (Lipinski definition) is 2. The molecule has 5 heteroatoms. The zero-order valence-corrected chi connectivity index (χ0v) is 12.5. The molecule has 0 radical (unpaired) electrons. The van der Waals surface area contributed by atoms with Crippen LogP contribution in [0.15, 0.2) is 52.8 Å². The van der Waals surface area contributed by atoms with E-state index in [1.807, 2.05) is 37.4 Å². The zero-order valence-electron chi connectivity index (χ0n) is 12.5. The Balaban J connectivity index is 2.26. The molecule has 0 amide bonds. The Kier molecular flexibility index (Phi) is 3.47. The van der Waals surface area contributed by atoms with Crippen molar-refractivity contribution in [3.8, 4) is 22.4 Å². The molecular formula is C17H17N5. The minimum absolute atomic E-state index is 0.302. The van der Waals surface area contributed by atoms with E-state index in [2.05, 4.69) is 34.3 Å². The molecule has 1 aliphatic carbocycles. The van der Waals surface area contributed by atoms with Gasteiger partial charge >= 0.3 is 0 Å². The van der Waals surface area contributed by atoms with E-state index in [0.717, 1.165) is 33.6 Å². The fourth-order valence-electron chi connectivity index (χ4n) is 2.70. The molecular weight excluding hydrogens is 274 g/mol. The van der Waals surface area contributed by atoms with Gasteiger partial charge < -0.3 is 10.7 Å². The summed E-state index contributed by atoms with van der Waals surface area (Å²) in [6.07, 6.45) is 1.92. The number of azo groups is 1. The fraction of sp³-hybridized carbons (Fsp3) is 0.118. The molecule has 0 saturated heterocycles. The van der Waals surface area contributed by atoms with Gasteiger partial charge in [0.05, 0.1) is 11.4 Å². The molecule has 1 aromatic rings. The molecule has 1 aromatic carbocycles. The van der Waals surface area contributed by atoms with Crippen molar-refractivity contribution in [1.29, 1.82) is 5.41 Å². The van der Waals surface area contributed by atoms with Gasteiger partial charge in [-0.15, -0.1) is 10.2 Å². The van der Waals surface area contributed by atoms with Crippen LogP contribution in [0.5, 0.6) is 0 Å². The van der Waals surface area contributed by atoms with Crippen LogP contribution in [-0.4, -0.2) is 10.9 Å². The number of nitrogens with two attached hydrogens (primary N) is 1. The highest BCUT2D eigenvalue weighted by Crippen LogP contribution is 2.44. The van der Waals surface area contributed by atoms with E-state index in [4.69, 9.17) is 11.1 Å². The van der Waals surface area contributed by atoms with Crippen molar-refractivity contribution in [2.75, 3.05) is 0 Å². The highest BCUT2D eigenvalue weighted by atomic mass is 15.2. The van der Waals surface area contributed by atoms with Gasteiger partial charge in [-0.2, -0.15) is 0 Å². The lowest BCUT2D eigenvalue weighted by Gasteiger charge is -2.09. The number of benzene rings is 1. The molecule has 0 saturated carbocycles. The summed E-state index contributed by atoms with van der Waals surface area (Å²) in [5, 5.41) is 15.0.